The molecule has 0 saturated carbocycles. The molecule has 0 unspecified atom stereocenters. The summed E-state index contributed by atoms with van der Waals surface area (Å²) < 4.78 is 0. The Morgan fingerprint density at radius 1 is 1.50 bits per heavy atom. The highest BCUT2D eigenvalue weighted by atomic mass is 32.2. The van der Waals surface area contributed by atoms with Gasteiger partial charge in [0, 0.05) is 19.0 Å². The van der Waals surface area contributed by atoms with E-state index < -0.39 is 0 Å². The second kappa shape index (κ2) is 6.92. The molecular formula is C13H17N3OS. The molecule has 0 aromatic heterocycles. The van der Waals surface area contributed by atoms with Crippen LogP contribution in [0, 0.1) is 11.3 Å². The van der Waals surface area contributed by atoms with Gasteiger partial charge in [0.1, 0.15) is 6.07 Å². The summed E-state index contributed by atoms with van der Waals surface area (Å²) >= 11 is 1.62. The van der Waals surface area contributed by atoms with Crippen molar-refractivity contribution in [3.05, 3.63) is 23.8 Å². The Hall–Kier alpha value is -1.67. The highest BCUT2D eigenvalue weighted by Gasteiger charge is 2.09. The molecule has 0 saturated heterocycles. The van der Waals surface area contributed by atoms with Crippen LogP contribution in [0.3, 0.4) is 0 Å². The van der Waals surface area contributed by atoms with Crippen LogP contribution < -0.4 is 5.32 Å². The minimum Gasteiger partial charge on any atom is -0.375 e. The summed E-state index contributed by atoms with van der Waals surface area (Å²) in [6.07, 6.45) is 0. The number of benzene rings is 1. The molecule has 1 rings (SSSR count). The van der Waals surface area contributed by atoms with Crippen molar-refractivity contribution in [1.29, 1.82) is 5.26 Å². The number of anilines is 1. The number of amides is 1. The molecule has 0 spiro atoms. The van der Waals surface area contributed by atoms with E-state index >= 15 is 0 Å². The molecule has 0 fully saturated rings. The average molecular weight is 263 g/mol. The largest absolute Gasteiger partial charge is 0.375 e. The van der Waals surface area contributed by atoms with Gasteiger partial charge in [-0.15, -0.1) is 11.8 Å². The third-order valence-electron chi connectivity index (χ3n) is 2.37. The minimum atomic E-state index is -0.0209. The van der Waals surface area contributed by atoms with Gasteiger partial charge in [0.25, 0.3) is 0 Å². The quantitative estimate of drug-likeness (QED) is 0.827. The van der Waals surface area contributed by atoms with Crippen LogP contribution >= 0.6 is 11.8 Å². The van der Waals surface area contributed by atoms with E-state index in [9.17, 15) is 10.1 Å². The molecule has 1 amide bonds. The molecule has 0 atom stereocenters. The Kier molecular flexibility index (Phi) is 5.53. The number of hydrogen-bond donors (Lipinski definition) is 1. The first kappa shape index (κ1) is 14.4. The van der Waals surface area contributed by atoms with Crippen LogP contribution in [0.2, 0.25) is 0 Å². The van der Waals surface area contributed by atoms with Gasteiger partial charge in [-0.05, 0) is 17.9 Å². The van der Waals surface area contributed by atoms with E-state index in [1.807, 2.05) is 25.1 Å². The van der Waals surface area contributed by atoms with Crippen molar-refractivity contribution in [2.45, 2.75) is 11.8 Å². The van der Waals surface area contributed by atoms with E-state index in [0.29, 0.717) is 11.3 Å². The van der Waals surface area contributed by atoms with Crippen molar-refractivity contribution in [1.82, 2.24) is 4.90 Å². The van der Waals surface area contributed by atoms with Crippen molar-refractivity contribution in [2.75, 3.05) is 31.7 Å². The van der Waals surface area contributed by atoms with Gasteiger partial charge in [-0.2, -0.15) is 5.26 Å². The summed E-state index contributed by atoms with van der Waals surface area (Å²) in [5.41, 5.74) is 1.32. The molecule has 1 aromatic rings. The number of thioether (sulfide) groups is 1. The molecule has 1 aromatic carbocycles. The average Bonchev–Trinajstić information content (AvgIpc) is 2.36. The number of nitriles is 1. The second-order valence-corrected chi connectivity index (χ2v) is 5.17. The number of nitrogens with one attached hydrogen (secondary N) is 1. The zero-order valence-corrected chi connectivity index (χ0v) is 11.7. The first-order chi connectivity index (χ1) is 8.60. The number of rotatable bonds is 5. The molecular weight excluding hydrogens is 246 g/mol. The molecule has 18 heavy (non-hydrogen) atoms. The number of carbonyl (C=O) groups is 1. The van der Waals surface area contributed by atoms with Crippen molar-refractivity contribution in [2.24, 2.45) is 0 Å². The number of carbonyl (C=O) groups excluding carboxylic acids is 1. The highest BCUT2D eigenvalue weighted by Crippen LogP contribution is 2.27. The molecule has 0 aliphatic rings. The Labute approximate surface area is 112 Å². The molecule has 0 aliphatic carbocycles. The number of hydrogen-bond acceptors (Lipinski definition) is 4. The zero-order valence-electron chi connectivity index (χ0n) is 10.9. The molecule has 0 aliphatic heterocycles. The first-order valence-corrected chi connectivity index (χ1v) is 6.68. The fourth-order valence-electron chi connectivity index (χ4n) is 1.40. The van der Waals surface area contributed by atoms with Gasteiger partial charge in [-0.3, -0.25) is 4.79 Å². The lowest BCUT2D eigenvalue weighted by Crippen LogP contribution is -2.28. The summed E-state index contributed by atoms with van der Waals surface area (Å²) in [5, 5.41) is 12.2. The monoisotopic (exact) mass is 263 g/mol. The van der Waals surface area contributed by atoms with Crippen molar-refractivity contribution >= 4 is 23.4 Å². The normalized spacial score (nSPS) is 9.67. The van der Waals surface area contributed by atoms with Crippen molar-refractivity contribution < 1.29 is 4.79 Å². The van der Waals surface area contributed by atoms with Gasteiger partial charge in [-0.1, -0.05) is 13.0 Å². The molecule has 0 heterocycles. The molecule has 96 valence electrons. The summed E-state index contributed by atoms with van der Waals surface area (Å²) in [4.78, 5) is 14.0. The second-order valence-electron chi connectivity index (χ2n) is 3.87. The van der Waals surface area contributed by atoms with E-state index in [0.717, 1.165) is 10.6 Å². The van der Waals surface area contributed by atoms with Crippen molar-refractivity contribution in [3.63, 3.8) is 0 Å². The lowest BCUT2D eigenvalue weighted by molar-refractivity contribution is -0.126. The maximum Gasteiger partial charge on any atom is 0.241 e. The SMILES string of the molecule is CCSc1cccc(NCC(=O)N(C)C)c1C#N. The third-order valence-corrected chi connectivity index (χ3v) is 3.31. The molecule has 4 nitrogen and oxygen atoms in total. The zero-order chi connectivity index (χ0) is 13.5. The van der Waals surface area contributed by atoms with E-state index in [2.05, 4.69) is 11.4 Å². The molecule has 0 bridgehead atoms. The summed E-state index contributed by atoms with van der Waals surface area (Å²) in [5.74, 6) is 0.891. The maximum absolute atomic E-state index is 11.5. The Morgan fingerprint density at radius 3 is 2.78 bits per heavy atom. The van der Waals surface area contributed by atoms with Gasteiger partial charge in [0.05, 0.1) is 17.8 Å². The van der Waals surface area contributed by atoms with Gasteiger partial charge in [0.2, 0.25) is 5.91 Å². The predicted molar refractivity (Wildman–Crippen MR) is 74.7 cm³/mol. The van der Waals surface area contributed by atoms with E-state index in [4.69, 9.17) is 0 Å². The standard InChI is InChI=1S/C13H17N3OS/c1-4-18-12-7-5-6-11(10(12)8-14)15-9-13(17)16(2)3/h5-7,15H,4,9H2,1-3H3. The van der Waals surface area contributed by atoms with E-state index in [1.54, 1.807) is 25.9 Å². The highest BCUT2D eigenvalue weighted by molar-refractivity contribution is 7.99. The summed E-state index contributed by atoms with van der Waals surface area (Å²) in [6.45, 7) is 2.24. The van der Waals surface area contributed by atoms with Gasteiger partial charge in [-0.25, -0.2) is 0 Å². The lowest BCUT2D eigenvalue weighted by atomic mass is 10.2. The lowest BCUT2D eigenvalue weighted by Gasteiger charge is -2.13. The smallest absolute Gasteiger partial charge is 0.241 e. The van der Waals surface area contributed by atoms with Gasteiger partial charge >= 0.3 is 0 Å². The Balaban J connectivity index is 2.86. The van der Waals surface area contributed by atoms with Crippen LogP contribution in [0.5, 0.6) is 0 Å². The molecule has 0 radical (unpaired) electrons. The number of likely N-dealkylation sites (N-methyl/N-ethyl adjacent to an activating group) is 1. The molecule has 5 heteroatoms. The summed E-state index contributed by atoms with van der Waals surface area (Å²) in [7, 11) is 3.41. The fraction of sp³-hybridized carbons (Fsp3) is 0.385. The Bertz CT molecular complexity index is 466. The van der Waals surface area contributed by atoms with E-state index in [-0.39, 0.29) is 12.5 Å². The van der Waals surface area contributed by atoms with Gasteiger partial charge < -0.3 is 10.2 Å². The van der Waals surface area contributed by atoms with Crippen LogP contribution in [0.1, 0.15) is 12.5 Å². The minimum absolute atomic E-state index is 0.0209. The van der Waals surface area contributed by atoms with Crippen molar-refractivity contribution in [3.8, 4) is 6.07 Å². The van der Waals surface area contributed by atoms with Crippen LogP contribution in [-0.4, -0.2) is 37.2 Å². The fourth-order valence-corrected chi connectivity index (χ4v) is 2.18. The predicted octanol–water partition coefficient (Wildman–Crippen LogP) is 2.17. The third kappa shape index (κ3) is 3.67. The van der Waals surface area contributed by atoms with Gasteiger partial charge in [0.15, 0.2) is 0 Å². The van der Waals surface area contributed by atoms with Crippen LogP contribution in [-0.2, 0) is 4.79 Å². The van der Waals surface area contributed by atoms with Crippen LogP contribution in [0.4, 0.5) is 5.69 Å². The molecule has 1 N–H and O–H groups in total. The van der Waals surface area contributed by atoms with Crippen LogP contribution in [0.15, 0.2) is 23.1 Å². The maximum atomic E-state index is 11.5. The Morgan fingerprint density at radius 2 is 2.22 bits per heavy atom. The summed E-state index contributed by atoms with van der Waals surface area (Å²) in [6, 6.07) is 7.83. The van der Waals surface area contributed by atoms with Crippen LogP contribution in [0.25, 0.3) is 0 Å². The topological polar surface area (TPSA) is 56.1 Å². The van der Waals surface area contributed by atoms with E-state index in [1.165, 1.54) is 4.90 Å². The number of nitrogens with zero attached hydrogens (tertiary/aromatic N) is 2. The first-order valence-electron chi connectivity index (χ1n) is 5.70.